The molecule has 0 aliphatic heterocycles. The highest BCUT2D eigenvalue weighted by Crippen LogP contribution is 2.32. The molecule has 0 spiro atoms. The maximum Gasteiger partial charge on any atom is 0.125 e. The molecule has 3 rings (SSSR count). The molecule has 0 radical (unpaired) electrons. The Morgan fingerprint density at radius 3 is 2.89 bits per heavy atom. The van der Waals surface area contributed by atoms with Crippen LogP contribution in [0.5, 0.6) is 0 Å². The predicted molar refractivity (Wildman–Crippen MR) is 82.1 cm³/mol. The minimum atomic E-state index is 0.876. The van der Waals surface area contributed by atoms with E-state index >= 15 is 0 Å². The number of nitrogens with zero attached hydrogens (tertiary/aromatic N) is 3. The van der Waals surface area contributed by atoms with Gasteiger partial charge in [0.15, 0.2) is 0 Å². The highest BCUT2D eigenvalue weighted by molar-refractivity contribution is 9.10. The third kappa shape index (κ3) is 2.48. The van der Waals surface area contributed by atoms with Gasteiger partial charge in [-0.2, -0.15) is 5.10 Å². The molecule has 0 unspecified atom stereocenters. The second-order valence-electron chi connectivity index (χ2n) is 4.10. The van der Waals surface area contributed by atoms with Gasteiger partial charge in [0.2, 0.25) is 0 Å². The van der Waals surface area contributed by atoms with Crippen LogP contribution in [-0.2, 0) is 6.54 Å². The molecule has 96 valence electrons. The van der Waals surface area contributed by atoms with Crippen molar-refractivity contribution in [3.05, 3.63) is 46.5 Å². The number of benzene rings is 1. The molecule has 19 heavy (non-hydrogen) atoms. The standard InChI is InChI=1S/C14H12BrN3S/c1-2-18-8-10(7-16-18)13-9-19-14(17-13)11-5-3-4-6-12(11)15/h3-9H,2H2,1H3. The van der Waals surface area contributed by atoms with E-state index in [1.165, 1.54) is 0 Å². The summed E-state index contributed by atoms with van der Waals surface area (Å²) in [6, 6.07) is 8.14. The lowest BCUT2D eigenvalue weighted by molar-refractivity contribution is 0.660. The van der Waals surface area contributed by atoms with E-state index in [4.69, 9.17) is 4.98 Å². The molecule has 0 N–H and O–H groups in total. The lowest BCUT2D eigenvalue weighted by Crippen LogP contribution is -1.91. The van der Waals surface area contributed by atoms with Crippen LogP contribution in [0, 0.1) is 0 Å². The molecule has 3 aromatic rings. The summed E-state index contributed by atoms with van der Waals surface area (Å²) in [6.07, 6.45) is 3.89. The van der Waals surface area contributed by atoms with Crippen LogP contribution in [0.15, 0.2) is 46.5 Å². The number of thiazole rings is 1. The van der Waals surface area contributed by atoms with Crippen molar-refractivity contribution >= 4 is 27.3 Å². The highest BCUT2D eigenvalue weighted by atomic mass is 79.9. The quantitative estimate of drug-likeness (QED) is 0.708. The normalized spacial score (nSPS) is 10.8. The van der Waals surface area contributed by atoms with Gasteiger partial charge in [-0.05, 0) is 13.0 Å². The van der Waals surface area contributed by atoms with Crippen LogP contribution in [0.2, 0.25) is 0 Å². The van der Waals surface area contributed by atoms with Gasteiger partial charge in [-0.15, -0.1) is 11.3 Å². The Balaban J connectivity index is 1.97. The average Bonchev–Trinajstić information content (AvgIpc) is 3.08. The van der Waals surface area contributed by atoms with Crippen LogP contribution in [0.25, 0.3) is 21.8 Å². The van der Waals surface area contributed by atoms with Crippen LogP contribution in [0.3, 0.4) is 0 Å². The molecule has 0 aliphatic carbocycles. The van der Waals surface area contributed by atoms with E-state index in [2.05, 4.69) is 39.4 Å². The monoisotopic (exact) mass is 333 g/mol. The summed E-state index contributed by atoms with van der Waals surface area (Å²) in [6.45, 7) is 2.95. The smallest absolute Gasteiger partial charge is 0.125 e. The lowest BCUT2D eigenvalue weighted by Gasteiger charge is -1.98. The average molecular weight is 334 g/mol. The summed E-state index contributed by atoms with van der Waals surface area (Å²) in [5.41, 5.74) is 3.17. The van der Waals surface area contributed by atoms with Crippen LogP contribution < -0.4 is 0 Å². The third-order valence-corrected chi connectivity index (χ3v) is 4.43. The first-order valence-corrected chi connectivity index (χ1v) is 7.68. The van der Waals surface area contributed by atoms with Gasteiger partial charge in [-0.1, -0.05) is 34.1 Å². The molecule has 0 saturated heterocycles. The SMILES string of the molecule is CCn1cc(-c2csc(-c3ccccc3Br)n2)cn1. The Kier molecular flexibility index (Phi) is 3.48. The van der Waals surface area contributed by atoms with E-state index in [9.17, 15) is 0 Å². The summed E-state index contributed by atoms with van der Waals surface area (Å²) in [5.74, 6) is 0. The van der Waals surface area contributed by atoms with E-state index < -0.39 is 0 Å². The zero-order valence-electron chi connectivity index (χ0n) is 10.4. The number of hydrogen-bond donors (Lipinski definition) is 0. The fourth-order valence-corrected chi connectivity index (χ4v) is 3.31. The van der Waals surface area contributed by atoms with Crippen LogP contribution in [-0.4, -0.2) is 14.8 Å². The summed E-state index contributed by atoms with van der Waals surface area (Å²) >= 11 is 5.21. The highest BCUT2D eigenvalue weighted by Gasteiger charge is 2.10. The molecule has 0 atom stereocenters. The van der Waals surface area contributed by atoms with Gasteiger partial charge in [0, 0.05) is 33.7 Å². The molecule has 0 bridgehead atoms. The Morgan fingerprint density at radius 2 is 2.16 bits per heavy atom. The first-order valence-electron chi connectivity index (χ1n) is 6.01. The first-order chi connectivity index (χ1) is 9.28. The van der Waals surface area contributed by atoms with Gasteiger partial charge in [-0.25, -0.2) is 4.98 Å². The number of rotatable bonds is 3. The van der Waals surface area contributed by atoms with Crippen molar-refractivity contribution in [2.75, 3.05) is 0 Å². The van der Waals surface area contributed by atoms with Gasteiger partial charge in [0.1, 0.15) is 5.01 Å². The maximum absolute atomic E-state index is 4.69. The van der Waals surface area contributed by atoms with Crippen molar-refractivity contribution in [2.24, 2.45) is 0 Å². The van der Waals surface area contributed by atoms with Crippen molar-refractivity contribution in [1.82, 2.24) is 14.8 Å². The van der Waals surface area contributed by atoms with Gasteiger partial charge in [0.25, 0.3) is 0 Å². The molecule has 2 heterocycles. The van der Waals surface area contributed by atoms with Crippen molar-refractivity contribution in [3.63, 3.8) is 0 Å². The fraction of sp³-hybridized carbons (Fsp3) is 0.143. The van der Waals surface area contributed by atoms with Crippen LogP contribution >= 0.6 is 27.3 Å². The van der Waals surface area contributed by atoms with E-state index in [-0.39, 0.29) is 0 Å². The summed E-state index contributed by atoms with van der Waals surface area (Å²) in [5, 5.41) is 7.38. The second kappa shape index (κ2) is 5.27. The predicted octanol–water partition coefficient (Wildman–Crippen LogP) is 4.46. The Bertz CT molecular complexity index is 702. The molecule has 0 amide bonds. The van der Waals surface area contributed by atoms with Gasteiger partial charge in [0.05, 0.1) is 11.9 Å². The minimum Gasteiger partial charge on any atom is -0.272 e. The third-order valence-electron chi connectivity index (χ3n) is 2.86. The van der Waals surface area contributed by atoms with Crippen molar-refractivity contribution in [1.29, 1.82) is 0 Å². The number of aryl methyl sites for hydroxylation is 1. The second-order valence-corrected chi connectivity index (χ2v) is 5.81. The number of aromatic nitrogens is 3. The molecular weight excluding hydrogens is 322 g/mol. The van der Waals surface area contributed by atoms with Crippen LogP contribution in [0.1, 0.15) is 6.92 Å². The zero-order chi connectivity index (χ0) is 13.2. The van der Waals surface area contributed by atoms with Crippen molar-refractivity contribution in [2.45, 2.75) is 13.5 Å². The Labute approximate surface area is 124 Å². The van der Waals surface area contributed by atoms with Gasteiger partial charge < -0.3 is 0 Å². The summed E-state index contributed by atoms with van der Waals surface area (Å²) in [4.78, 5) is 4.69. The van der Waals surface area contributed by atoms with E-state index in [1.54, 1.807) is 11.3 Å². The number of halogens is 1. The van der Waals surface area contributed by atoms with Gasteiger partial charge >= 0.3 is 0 Å². The largest absolute Gasteiger partial charge is 0.272 e. The summed E-state index contributed by atoms with van der Waals surface area (Å²) in [7, 11) is 0. The molecule has 2 aromatic heterocycles. The Hall–Kier alpha value is -1.46. The van der Waals surface area contributed by atoms with E-state index in [0.29, 0.717) is 0 Å². The molecule has 1 aromatic carbocycles. The fourth-order valence-electron chi connectivity index (χ4n) is 1.83. The van der Waals surface area contributed by atoms with E-state index in [1.807, 2.05) is 35.3 Å². The number of hydrogen-bond acceptors (Lipinski definition) is 3. The van der Waals surface area contributed by atoms with Crippen molar-refractivity contribution in [3.8, 4) is 21.8 Å². The molecule has 3 nitrogen and oxygen atoms in total. The lowest BCUT2D eigenvalue weighted by atomic mass is 10.2. The molecule has 0 saturated carbocycles. The van der Waals surface area contributed by atoms with Crippen LogP contribution in [0.4, 0.5) is 0 Å². The molecule has 5 heteroatoms. The molecule has 0 aliphatic rings. The topological polar surface area (TPSA) is 30.7 Å². The molecule has 0 fully saturated rings. The molecular formula is C14H12BrN3S. The Morgan fingerprint density at radius 1 is 1.32 bits per heavy atom. The van der Waals surface area contributed by atoms with Gasteiger partial charge in [-0.3, -0.25) is 4.68 Å². The summed E-state index contributed by atoms with van der Waals surface area (Å²) < 4.78 is 2.98. The minimum absolute atomic E-state index is 0.876. The maximum atomic E-state index is 4.69. The van der Waals surface area contributed by atoms with Crippen molar-refractivity contribution < 1.29 is 0 Å². The first kappa shape index (κ1) is 12.6. The van der Waals surface area contributed by atoms with E-state index in [0.717, 1.165) is 32.8 Å². The zero-order valence-corrected chi connectivity index (χ0v) is 12.8.